The molecule has 0 amide bonds. The molecule has 1 aliphatic rings. The first-order chi connectivity index (χ1) is 11.9. The van der Waals surface area contributed by atoms with E-state index in [9.17, 15) is 10.2 Å². The van der Waals surface area contributed by atoms with Gasteiger partial charge >= 0.3 is 0 Å². The third-order valence-electron chi connectivity index (χ3n) is 4.26. The summed E-state index contributed by atoms with van der Waals surface area (Å²) < 4.78 is 11.8. The van der Waals surface area contributed by atoms with E-state index >= 15 is 0 Å². The maximum Gasteiger partial charge on any atom is 0.164 e. The van der Waals surface area contributed by atoms with Gasteiger partial charge in [0.15, 0.2) is 5.79 Å². The average Bonchev–Trinajstić information content (AvgIpc) is 2.93. The third kappa shape index (κ3) is 4.61. The van der Waals surface area contributed by atoms with E-state index in [1.54, 1.807) is 38.6 Å². The van der Waals surface area contributed by atoms with Crippen molar-refractivity contribution >= 4 is 0 Å². The highest BCUT2D eigenvalue weighted by atomic mass is 16.8. The quantitative estimate of drug-likeness (QED) is 0.826. The second-order valence-electron chi connectivity index (χ2n) is 6.83. The van der Waals surface area contributed by atoms with Crippen molar-refractivity contribution in [3.05, 3.63) is 60.2 Å². The highest BCUT2D eigenvalue weighted by molar-refractivity contribution is 5.13. The minimum absolute atomic E-state index is 0.383. The number of nitrogens with zero attached hydrogens (tertiary/aromatic N) is 2. The van der Waals surface area contributed by atoms with E-state index in [4.69, 9.17) is 9.47 Å². The summed E-state index contributed by atoms with van der Waals surface area (Å²) in [5.74, 6) is -0.860. The molecule has 1 aliphatic heterocycles. The normalized spacial score (nSPS) is 24.8. The molecule has 4 atom stereocenters. The number of aromatic nitrogens is 2. The molecule has 25 heavy (non-hydrogen) atoms. The van der Waals surface area contributed by atoms with E-state index in [1.165, 1.54) is 0 Å². The first-order valence-corrected chi connectivity index (χ1v) is 8.44. The summed E-state index contributed by atoms with van der Waals surface area (Å²) in [5.41, 5.74) is 1.81. The average molecular weight is 344 g/mol. The lowest BCUT2D eigenvalue weighted by Gasteiger charge is -2.25. The molecule has 6 heteroatoms. The summed E-state index contributed by atoms with van der Waals surface area (Å²) in [6, 6.07) is 7.45. The molecule has 1 fully saturated rings. The summed E-state index contributed by atoms with van der Waals surface area (Å²) in [7, 11) is 0. The van der Waals surface area contributed by atoms with Crippen LogP contribution in [0.5, 0.6) is 0 Å². The largest absolute Gasteiger partial charge is 0.390 e. The van der Waals surface area contributed by atoms with Crippen molar-refractivity contribution in [2.24, 2.45) is 0 Å². The fourth-order valence-corrected chi connectivity index (χ4v) is 3.17. The Kier molecular flexibility index (Phi) is 5.44. The summed E-state index contributed by atoms with van der Waals surface area (Å²) in [5, 5.41) is 21.3. The number of ether oxygens (including phenoxy) is 2. The van der Waals surface area contributed by atoms with Crippen LogP contribution in [0.25, 0.3) is 0 Å². The second kappa shape index (κ2) is 7.58. The van der Waals surface area contributed by atoms with Crippen molar-refractivity contribution in [1.29, 1.82) is 0 Å². The third-order valence-corrected chi connectivity index (χ3v) is 4.26. The zero-order valence-corrected chi connectivity index (χ0v) is 14.4. The van der Waals surface area contributed by atoms with Crippen molar-refractivity contribution in [3.8, 4) is 0 Å². The molecule has 0 aliphatic carbocycles. The second-order valence-corrected chi connectivity index (χ2v) is 6.83. The van der Waals surface area contributed by atoms with Crippen molar-refractivity contribution in [2.45, 2.75) is 56.9 Å². The number of rotatable bonds is 6. The Balaban J connectivity index is 1.71. The molecular formula is C19H24N2O4. The Labute approximate surface area is 147 Å². The van der Waals surface area contributed by atoms with Crippen molar-refractivity contribution < 1.29 is 19.7 Å². The van der Waals surface area contributed by atoms with Gasteiger partial charge in [-0.1, -0.05) is 12.1 Å². The molecule has 3 heterocycles. The van der Waals surface area contributed by atoms with Gasteiger partial charge in [-0.15, -0.1) is 0 Å². The van der Waals surface area contributed by atoms with Gasteiger partial charge in [0.2, 0.25) is 0 Å². The molecule has 6 nitrogen and oxygen atoms in total. The summed E-state index contributed by atoms with van der Waals surface area (Å²) in [6.45, 7) is 3.57. The molecule has 2 N–H and O–H groups in total. The zero-order chi connectivity index (χ0) is 17.9. The predicted octanol–water partition coefficient (Wildman–Crippen LogP) is 1.50. The van der Waals surface area contributed by atoms with Gasteiger partial charge in [0.25, 0.3) is 0 Å². The van der Waals surface area contributed by atoms with E-state index in [1.807, 2.05) is 24.3 Å². The SMILES string of the molecule is CC1(C)O[C@@H]([C@@H](O)Cc2cccnc2)[C@H]([C@@H](O)Cc2cccnc2)O1. The van der Waals surface area contributed by atoms with E-state index in [2.05, 4.69) is 9.97 Å². The van der Waals surface area contributed by atoms with E-state index in [0.717, 1.165) is 11.1 Å². The van der Waals surface area contributed by atoms with Crippen LogP contribution in [-0.2, 0) is 22.3 Å². The molecule has 0 aromatic carbocycles. The Morgan fingerprint density at radius 2 is 1.36 bits per heavy atom. The number of aliphatic hydroxyl groups excluding tert-OH is 2. The first-order valence-electron chi connectivity index (χ1n) is 8.44. The fourth-order valence-electron chi connectivity index (χ4n) is 3.17. The van der Waals surface area contributed by atoms with Crippen LogP contribution in [0.4, 0.5) is 0 Å². The Morgan fingerprint density at radius 1 is 0.920 bits per heavy atom. The Hall–Kier alpha value is -1.86. The van der Waals surface area contributed by atoms with Crippen LogP contribution in [0.2, 0.25) is 0 Å². The van der Waals surface area contributed by atoms with Crippen LogP contribution in [0.15, 0.2) is 49.1 Å². The molecule has 1 saturated heterocycles. The van der Waals surface area contributed by atoms with Crippen LogP contribution in [-0.4, -0.2) is 50.4 Å². The minimum Gasteiger partial charge on any atom is -0.390 e. The maximum absolute atomic E-state index is 10.7. The van der Waals surface area contributed by atoms with Gasteiger partial charge in [-0.05, 0) is 37.1 Å². The van der Waals surface area contributed by atoms with Crippen LogP contribution in [0, 0.1) is 0 Å². The number of hydrogen-bond acceptors (Lipinski definition) is 6. The topological polar surface area (TPSA) is 84.7 Å². The van der Waals surface area contributed by atoms with Gasteiger partial charge in [0.05, 0.1) is 12.2 Å². The summed E-state index contributed by atoms with van der Waals surface area (Å²) in [6.07, 6.45) is 4.71. The molecule has 0 unspecified atom stereocenters. The van der Waals surface area contributed by atoms with E-state index in [0.29, 0.717) is 12.8 Å². The van der Waals surface area contributed by atoms with Crippen molar-refractivity contribution in [3.63, 3.8) is 0 Å². The fraction of sp³-hybridized carbons (Fsp3) is 0.474. The molecule has 2 aromatic heterocycles. The molecule has 0 spiro atoms. The molecule has 0 bridgehead atoms. The molecule has 0 radical (unpaired) electrons. The smallest absolute Gasteiger partial charge is 0.164 e. The summed E-state index contributed by atoms with van der Waals surface area (Å²) >= 11 is 0. The van der Waals surface area contributed by atoms with E-state index < -0.39 is 30.2 Å². The van der Waals surface area contributed by atoms with Gasteiger partial charge in [0.1, 0.15) is 12.2 Å². The molecule has 0 saturated carbocycles. The monoisotopic (exact) mass is 344 g/mol. The maximum atomic E-state index is 10.7. The van der Waals surface area contributed by atoms with Gasteiger partial charge in [-0.25, -0.2) is 0 Å². The van der Waals surface area contributed by atoms with Gasteiger partial charge in [0, 0.05) is 37.6 Å². The molecule has 134 valence electrons. The standard InChI is InChI=1S/C19H24N2O4/c1-19(2)24-17(15(22)9-13-5-3-7-20-11-13)18(25-19)16(23)10-14-6-4-8-21-12-14/h3-8,11-12,15-18,22-23H,9-10H2,1-2H3/t15-,16-,17-,18-/m0/s1. The number of pyridine rings is 2. The van der Waals surface area contributed by atoms with Crippen LogP contribution < -0.4 is 0 Å². The molecule has 3 rings (SSSR count). The van der Waals surface area contributed by atoms with Crippen LogP contribution in [0.3, 0.4) is 0 Å². The van der Waals surface area contributed by atoms with Gasteiger partial charge in [-0.3, -0.25) is 9.97 Å². The zero-order valence-electron chi connectivity index (χ0n) is 14.4. The first kappa shape index (κ1) is 17.9. The van der Waals surface area contributed by atoms with Crippen molar-refractivity contribution in [2.75, 3.05) is 0 Å². The van der Waals surface area contributed by atoms with Crippen LogP contribution >= 0.6 is 0 Å². The highest BCUT2D eigenvalue weighted by Gasteiger charge is 2.47. The Morgan fingerprint density at radius 3 is 1.72 bits per heavy atom. The van der Waals surface area contributed by atoms with Crippen molar-refractivity contribution in [1.82, 2.24) is 9.97 Å². The molecule has 2 aromatic rings. The van der Waals surface area contributed by atoms with Gasteiger partial charge in [-0.2, -0.15) is 0 Å². The predicted molar refractivity (Wildman–Crippen MR) is 91.7 cm³/mol. The Bertz CT molecular complexity index is 608. The lowest BCUT2D eigenvalue weighted by molar-refractivity contribution is -0.160. The lowest BCUT2D eigenvalue weighted by atomic mass is 9.95. The highest BCUT2D eigenvalue weighted by Crippen LogP contribution is 2.33. The number of aliphatic hydroxyl groups is 2. The molecular weight excluding hydrogens is 320 g/mol. The number of hydrogen-bond donors (Lipinski definition) is 2. The summed E-state index contributed by atoms with van der Waals surface area (Å²) in [4.78, 5) is 8.13. The minimum atomic E-state index is -0.860. The van der Waals surface area contributed by atoms with Crippen LogP contribution in [0.1, 0.15) is 25.0 Å². The lowest BCUT2D eigenvalue weighted by Crippen LogP contribution is -2.44. The van der Waals surface area contributed by atoms with Gasteiger partial charge < -0.3 is 19.7 Å². The van der Waals surface area contributed by atoms with E-state index in [-0.39, 0.29) is 0 Å².